The molecule has 0 aliphatic heterocycles. The van der Waals surface area contributed by atoms with Crippen LogP contribution in [0.2, 0.25) is 0 Å². The number of esters is 1. The Morgan fingerprint density at radius 1 is 1.32 bits per heavy atom. The number of phenols is 1. The standard InChI is InChI=1S/C14H13NO4/c1-18-13(17)8-10-4-3-7-15-14(10)19-12-6-2-5-11(16)9-12/h2-7,9,16H,8H2,1H3. The Hall–Kier alpha value is -2.56. The van der Waals surface area contributed by atoms with E-state index in [0.717, 1.165) is 0 Å². The average Bonchev–Trinajstić information content (AvgIpc) is 2.41. The van der Waals surface area contributed by atoms with Gasteiger partial charge in [-0.3, -0.25) is 4.79 Å². The van der Waals surface area contributed by atoms with Crippen molar-refractivity contribution >= 4 is 5.97 Å². The molecule has 98 valence electrons. The Balaban J connectivity index is 2.22. The van der Waals surface area contributed by atoms with Crippen LogP contribution >= 0.6 is 0 Å². The number of aromatic nitrogens is 1. The van der Waals surface area contributed by atoms with Gasteiger partial charge in [0.1, 0.15) is 11.5 Å². The Labute approximate surface area is 110 Å². The number of hydrogen-bond donors (Lipinski definition) is 1. The van der Waals surface area contributed by atoms with Gasteiger partial charge in [0.15, 0.2) is 0 Å². The van der Waals surface area contributed by atoms with Crippen molar-refractivity contribution in [3.8, 4) is 17.4 Å². The molecule has 0 bridgehead atoms. The lowest BCUT2D eigenvalue weighted by molar-refractivity contribution is -0.139. The van der Waals surface area contributed by atoms with E-state index in [9.17, 15) is 9.90 Å². The second kappa shape index (κ2) is 5.86. The molecule has 5 heteroatoms. The van der Waals surface area contributed by atoms with E-state index in [1.165, 1.54) is 13.2 Å². The first-order chi connectivity index (χ1) is 9.19. The van der Waals surface area contributed by atoms with Gasteiger partial charge in [-0.1, -0.05) is 12.1 Å². The van der Waals surface area contributed by atoms with E-state index in [0.29, 0.717) is 17.2 Å². The maximum atomic E-state index is 11.3. The maximum absolute atomic E-state index is 11.3. The van der Waals surface area contributed by atoms with E-state index in [1.807, 2.05) is 0 Å². The van der Waals surface area contributed by atoms with E-state index in [-0.39, 0.29) is 18.1 Å². The fourth-order valence-corrected chi connectivity index (χ4v) is 1.54. The molecular formula is C14H13NO4. The zero-order chi connectivity index (χ0) is 13.7. The van der Waals surface area contributed by atoms with Crippen LogP contribution in [0.15, 0.2) is 42.6 Å². The zero-order valence-corrected chi connectivity index (χ0v) is 10.4. The van der Waals surface area contributed by atoms with Crippen molar-refractivity contribution in [3.63, 3.8) is 0 Å². The van der Waals surface area contributed by atoms with E-state index in [4.69, 9.17) is 4.74 Å². The molecule has 0 saturated carbocycles. The normalized spacial score (nSPS) is 9.95. The molecule has 0 spiro atoms. The number of carbonyl (C=O) groups is 1. The molecule has 2 aromatic rings. The molecule has 0 atom stereocenters. The number of rotatable bonds is 4. The number of methoxy groups -OCH3 is 1. The van der Waals surface area contributed by atoms with Gasteiger partial charge in [0.2, 0.25) is 5.88 Å². The number of benzene rings is 1. The lowest BCUT2D eigenvalue weighted by Crippen LogP contribution is -2.06. The van der Waals surface area contributed by atoms with Gasteiger partial charge in [-0.2, -0.15) is 0 Å². The van der Waals surface area contributed by atoms with Crippen molar-refractivity contribution in [3.05, 3.63) is 48.2 Å². The van der Waals surface area contributed by atoms with Crippen LogP contribution in [0.25, 0.3) is 0 Å². The first-order valence-electron chi connectivity index (χ1n) is 5.66. The number of ether oxygens (including phenoxy) is 2. The summed E-state index contributed by atoms with van der Waals surface area (Å²) < 4.78 is 10.2. The predicted octanol–water partition coefficient (Wildman–Crippen LogP) is 2.29. The molecule has 2 rings (SSSR count). The summed E-state index contributed by atoms with van der Waals surface area (Å²) in [6, 6.07) is 9.82. The highest BCUT2D eigenvalue weighted by molar-refractivity contribution is 5.73. The van der Waals surface area contributed by atoms with Crippen molar-refractivity contribution < 1.29 is 19.4 Å². The highest BCUT2D eigenvalue weighted by atomic mass is 16.5. The Kier molecular flexibility index (Phi) is 3.97. The van der Waals surface area contributed by atoms with Crippen molar-refractivity contribution in [2.75, 3.05) is 7.11 Å². The molecule has 1 heterocycles. The molecule has 0 unspecified atom stereocenters. The topological polar surface area (TPSA) is 68.7 Å². The molecule has 1 N–H and O–H groups in total. The van der Waals surface area contributed by atoms with Crippen LogP contribution in [0.1, 0.15) is 5.56 Å². The van der Waals surface area contributed by atoms with Crippen LogP contribution in [0.4, 0.5) is 0 Å². The summed E-state index contributed by atoms with van der Waals surface area (Å²) in [5, 5.41) is 9.37. The minimum Gasteiger partial charge on any atom is -0.508 e. The molecule has 0 radical (unpaired) electrons. The van der Waals surface area contributed by atoms with E-state index >= 15 is 0 Å². The number of hydrogen-bond acceptors (Lipinski definition) is 5. The fraction of sp³-hybridized carbons (Fsp3) is 0.143. The molecule has 5 nitrogen and oxygen atoms in total. The molecule has 19 heavy (non-hydrogen) atoms. The van der Waals surface area contributed by atoms with Crippen LogP contribution in [0.3, 0.4) is 0 Å². The SMILES string of the molecule is COC(=O)Cc1cccnc1Oc1cccc(O)c1. The Bertz CT molecular complexity index is 583. The summed E-state index contributed by atoms with van der Waals surface area (Å²) in [5.74, 6) is 0.500. The molecular weight excluding hydrogens is 246 g/mol. The highest BCUT2D eigenvalue weighted by Gasteiger charge is 2.11. The molecule has 0 aliphatic rings. The molecule has 1 aromatic heterocycles. The van der Waals surface area contributed by atoms with Crippen molar-refractivity contribution in [1.29, 1.82) is 0 Å². The van der Waals surface area contributed by atoms with Crippen molar-refractivity contribution in [1.82, 2.24) is 4.98 Å². The van der Waals surface area contributed by atoms with Gasteiger partial charge in [0.25, 0.3) is 0 Å². The highest BCUT2D eigenvalue weighted by Crippen LogP contribution is 2.25. The van der Waals surface area contributed by atoms with Gasteiger partial charge in [0, 0.05) is 17.8 Å². The van der Waals surface area contributed by atoms with Crippen LogP contribution < -0.4 is 4.74 Å². The van der Waals surface area contributed by atoms with Crippen LogP contribution in [-0.2, 0) is 16.0 Å². The number of aromatic hydroxyl groups is 1. The maximum Gasteiger partial charge on any atom is 0.310 e. The Morgan fingerprint density at radius 3 is 2.89 bits per heavy atom. The number of phenolic OH excluding ortho intramolecular Hbond substituents is 1. The monoisotopic (exact) mass is 259 g/mol. The summed E-state index contributed by atoms with van der Waals surface area (Å²) in [7, 11) is 1.33. The zero-order valence-electron chi connectivity index (χ0n) is 10.4. The molecule has 1 aromatic carbocycles. The van der Waals surface area contributed by atoms with E-state index in [2.05, 4.69) is 9.72 Å². The van der Waals surface area contributed by atoms with Gasteiger partial charge < -0.3 is 14.6 Å². The largest absolute Gasteiger partial charge is 0.508 e. The van der Waals surface area contributed by atoms with E-state index < -0.39 is 0 Å². The van der Waals surface area contributed by atoms with Gasteiger partial charge in [-0.15, -0.1) is 0 Å². The number of carbonyl (C=O) groups excluding carboxylic acids is 1. The molecule has 0 fully saturated rings. The van der Waals surface area contributed by atoms with Crippen molar-refractivity contribution in [2.24, 2.45) is 0 Å². The van der Waals surface area contributed by atoms with Gasteiger partial charge in [0.05, 0.1) is 13.5 Å². The summed E-state index contributed by atoms with van der Waals surface area (Å²) in [6.45, 7) is 0. The van der Waals surface area contributed by atoms with Crippen LogP contribution in [0.5, 0.6) is 17.4 Å². The molecule has 0 aliphatic carbocycles. The quantitative estimate of drug-likeness (QED) is 0.853. The third-order valence-corrected chi connectivity index (χ3v) is 2.44. The minimum atomic E-state index is -0.367. The number of nitrogens with zero attached hydrogens (tertiary/aromatic N) is 1. The van der Waals surface area contributed by atoms with Crippen molar-refractivity contribution in [2.45, 2.75) is 6.42 Å². The lowest BCUT2D eigenvalue weighted by atomic mass is 10.2. The second-order valence-corrected chi connectivity index (χ2v) is 3.82. The third kappa shape index (κ3) is 3.45. The summed E-state index contributed by atoms with van der Waals surface area (Å²) in [5.41, 5.74) is 0.623. The van der Waals surface area contributed by atoms with Gasteiger partial charge >= 0.3 is 5.97 Å². The number of pyridine rings is 1. The Morgan fingerprint density at radius 2 is 2.16 bits per heavy atom. The van der Waals surface area contributed by atoms with Crippen LogP contribution in [0, 0.1) is 0 Å². The summed E-state index contributed by atoms with van der Waals surface area (Å²) >= 11 is 0. The second-order valence-electron chi connectivity index (χ2n) is 3.82. The van der Waals surface area contributed by atoms with Gasteiger partial charge in [-0.25, -0.2) is 4.98 Å². The molecule has 0 saturated heterocycles. The summed E-state index contributed by atoms with van der Waals surface area (Å²) in [6.07, 6.45) is 1.65. The lowest BCUT2D eigenvalue weighted by Gasteiger charge is -2.09. The smallest absolute Gasteiger partial charge is 0.310 e. The third-order valence-electron chi connectivity index (χ3n) is 2.44. The molecule has 0 amide bonds. The average molecular weight is 259 g/mol. The minimum absolute atomic E-state index is 0.0818. The first-order valence-corrected chi connectivity index (χ1v) is 5.66. The van der Waals surface area contributed by atoms with Crippen LogP contribution in [-0.4, -0.2) is 23.2 Å². The van der Waals surface area contributed by atoms with E-state index in [1.54, 1.807) is 36.5 Å². The van der Waals surface area contributed by atoms with Gasteiger partial charge in [-0.05, 0) is 18.2 Å². The predicted molar refractivity (Wildman–Crippen MR) is 68.1 cm³/mol. The summed E-state index contributed by atoms with van der Waals surface area (Å²) in [4.78, 5) is 15.4. The fourth-order valence-electron chi connectivity index (χ4n) is 1.54. The first kappa shape index (κ1) is 12.9.